The molecule has 2 N–H and O–H groups in total. The number of fused-ring (bicyclic) bond motifs is 3. The Morgan fingerprint density at radius 3 is 3.58 bits per heavy atom. The molecule has 2 aromatic heterocycles. The second-order valence-corrected chi connectivity index (χ2v) is 2.81. The van der Waals surface area contributed by atoms with Crippen molar-refractivity contribution in [3.8, 4) is 0 Å². The molecule has 0 spiro atoms. The topological polar surface area (TPSA) is 53.9 Å². The summed E-state index contributed by atoms with van der Waals surface area (Å²) in [5.41, 5.74) is 3.80. The van der Waals surface area contributed by atoms with E-state index in [1.165, 1.54) is 6.39 Å². The summed E-state index contributed by atoms with van der Waals surface area (Å²) >= 11 is 0. The maximum Gasteiger partial charge on any atom is 0.225 e. The highest BCUT2D eigenvalue weighted by molar-refractivity contribution is 5.77. The summed E-state index contributed by atoms with van der Waals surface area (Å²) in [5, 5.41) is 3.06. The van der Waals surface area contributed by atoms with Crippen molar-refractivity contribution in [1.29, 1.82) is 0 Å². The van der Waals surface area contributed by atoms with E-state index in [0.717, 1.165) is 35.5 Å². The number of oxazole rings is 1. The number of aromatic nitrogens is 2. The number of nitrogens with one attached hydrogen (secondary N) is 2. The fourth-order valence-electron chi connectivity index (χ4n) is 1.52. The highest BCUT2D eigenvalue weighted by Gasteiger charge is 2.18. The van der Waals surface area contributed by atoms with Crippen LogP contribution in [-0.2, 0) is 6.42 Å². The molecule has 0 bridgehead atoms. The standard InChI is InChI=1S/C8H7N3O/c1-2-9-3-5-6(1)11-8-7(5)10-4-12-8/h4,9,11H,1-2H2. The molecular weight excluding hydrogens is 154 g/mol. The van der Waals surface area contributed by atoms with E-state index < -0.39 is 0 Å². The van der Waals surface area contributed by atoms with Gasteiger partial charge >= 0.3 is 0 Å². The molecule has 12 heavy (non-hydrogen) atoms. The van der Waals surface area contributed by atoms with E-state index in [9.17, 15) is 0 Å². The van der Waals surface area contributed by atoms with Crippen molar-refractivity contribution in [3.63, 3.8) is 0 Å². The van der Waals surface area contributed by atoms with E-state index in [1.54, 1.807) is 0 Å². The zero-order valence-corrected chi connectivity index (χ0v) is 6.35. The van der Waals surface area contributed by atoms with Crippen LogP contribution in [0.5, 0.6) is 0 Å². The van der Waals surface area contributed by atoms with Crippen LogP contribution >= 0.6 is 0 Å². The third-order valence-electron chi connectivity index (χ3n) is 2.08. The Morgan fingerprint density at radius 1 is 1.58 bits per heavy atom. The monoisotopic (exact) mass is 161 g/mol. The molecule has 0 unspecified atom stereocenters. The molecule has 0 saturated carbocycles. The van der Waals surface area contributed by atoms with E-state index in [0.29, 0.717) is 0 Å². The molecule has 0 fully saturated rings. The van der Waals surface area contributed by atoms with Gasteiger partial charge in [0.25, 0.3) is 0 Å². The van der Waals surface area contributed by atoms with Crippen LogP contribution in [0.1, 0.15) is 11.3 Å². The van der Waals surface area contributed by atoms with Gasteiger partial charge in [0.05, 0.1) is 6.54 Å². The smallest absolute Gasteiger partial charge is 0.225 e. The van der Waals surface area contributed by atoms with Crippen LogP contribution in [0.3, 0.4) is 0 Å². The van der Waals surface area contributed by atoms with E-state index in [2.05, 4.69) is 21.8 Å². The SMILES string of the molecule is [C]1NCCc2[nH]c3ocnc3c21. The van der Waals surface area contributed by atoms with Gasteiger partial charge in [-0.25, -0.2) is 4.98 Å². The first-order chi connectivity index (χ1) is 5.95. The van der Waals surface area contributed by atoms with Gasteiger partial charge in [-0.15, -0.1) is 0 Å². The second-order valence-electron chi connectivity index (χ2n) is 2.81. The van der Waals surface area contributed by atoms with Crippen LogP contribution in [-0.4, -0.2) is 16.5 Å². The largest absolute Gasteiger partial charge is 0.427 e. The number of hydrogen-bond acceptors (Lipinski definition) is 3. The summed E-state index contributed by atoms with van der Waals surface area (Å²) in [6.07, 6.45) is 2.42. The van der Waals surface area contributed by atoms with Crippen molar-refractivity contribution in [1.82, 2.24) is 15.3 Å². The minimum Gasteiger partial charge on any atom is -0.427 e. The van der Waals surface area contributed by atoms with Crippen LogP contribution in [0.2, 0.25) is 0 Å². The van der Waals surface area contributed by atoms with Crippen molar-refractivity contribution >= 4 is 11.2 Å². The van der Waals surface area contributed by atoms with E-state index in [4.69, 9.17) is 4.42 Å². The van der Waals surface area contributed by atoms with Gasteiger partial charge in [0.2, 0.25) is 5.71 Å². The second kappa shape index (κ2) is 2.10. The Labute approximate surface area is 69.0 Å². The summed E-state index contributed by atoms with van der Waals surface area (Å²) in [6.45, 7) is 3.99. The summed E-state index contributed by atoms with van der Waals surface area (Å²) in [7, 11) is 0. The average Bonchev–Trinajstić information content (AvgIpc) is 2.62. The lowest BCUT2D eigenvalue weighted by Crippen LogP contribution is -2.21. The van der Waals surface area contributed by atoms with Crippen molar-refractivity contribution in [2.45, 2.75) is 6.42 Å². The van der Waals surface area contributed by atoms with Gasteiger partial charge in [-0.3, -0.25) is 0 Å². The number of nitrogens with zero attached hydrogens (tertiary/aromatic N) is 1. The van der Waals surface area contributed by atoms with Crippen molar-refractivity contribution in [3.05, 3.63) is 24.2 Å². The molecule has 0 saturated heterocycles. The van der Waals surface area contributed by atoms with Gasteiger partial charge in [0, 0.05) is 24.2 Å². The normalized spacial score (nSPS) is 16.7. The summed E-state index contributed by atoms with van der Waals surface area (Å²) in [6, 6.07) is 0. The quantitative estimate of drug-likeness (QED) is 0.597. The van der Waals surface area contributed by atoms with Crippen LogP contribution in [0.15, 0.2) is 10.8 Å². The predicted octanol–water partition coefficient (Wildman–Crippen LogP) is 0.688. The maximum atomic E-state index is 5.14. The molecule has 1 aliphatic rings. The number of H-pyrrole nitrogens is 1. The van der Waals surface area contributed by atoms with Gasteiger partial charge in [0.15, 0.2) is 6.39 Å². The van der Waals surface area contributed by atoms with Crippen LogP contribution < -0.4 is 5.32 Å². The fraction of sp³-hybridized carbons (Fsp3) is 0.250. The molecule has 0 atom stereocenters. The Morgan fingerprint density at radius 2 is 2.58 bits per heavy atom. The average molecular weight is 161 g/mol. The van der Waals surface area contributed by atoms with Gasteiger partial charge in [-0.1, -0.05) is 0 Å². The van der Waals surface area contributed by atoms with E-state index >= 15 is 0 Å². The Balaban J connectivity index is 2.34. The van der Waals surface area contributed by atoms with E-state index in [-0.39, 0.29) is 0 Å². The van der Waals surface area contributed by atoms with Crippen molar-refractivity contribution in [2.24, 2.45) is 0 Å². The Kier molecular flexibility index (Phi) is 1.10. The zero-order chi connectivity index (χ0) is 7.97. The van der Waals surface area contributed by atoms with Gasteiger partial charge in [-0.2, -0.15) is 0 Å². The molecule has 2 radical (unpaired) electrons. The molecule has 0 aromatic carbocycles. The zero-order valence-electron chi connectivity index (χ0n) is 6.35. The molecule has 4 heteroatoms. The molecule has 4 nitrogen and oxygen atoms in total. The molecule has 60 valence electrons. The molecule has 2 aromatic rings. The molecule has 1 aliphatic heterocycles. The number of aromatic amines is 1. The van der Waals surface area contributed by atoms with Gasteiger partial charge in [-0.05, 0) is 0 Å². The van der Waals surface area contributed by atoms with Crippen LogP contribution in [0.25, 0.3) is 11.2 Å². The maximum absolute atomic E-state index is 5.14. The van der Waals surface area contributed by atoms with Crippen LogP contribution in [0.4, 0.5) is 0 Å². The van der Waals surface area contributed by atoms with Gasteiger partial charge < -0.3 is 14.7 Å². The molecule has 3 heterocycles. The Hall–Kier alpha value is -1.29. The first-order valence-electron chi connectivity index (χ1n) is 3.88. The fourth-order valence-corrected chi connectivity index (χ4v) is 1.52. The third-order valence-corrected chi connectivity index (χ3v) is 2.08. The lowest BCUT2D eigenvalue weighted by molar-refractivity contribution is 0.588. The third kappa shape index (κ3) is 0.674. The predicted molar refractivity (Wildman–Crippen MR) is 42.4 cm³/mol. The highest BCUT2D eigenvalue weighted by Crippen LogP contribution is 2.23. The highest BCUT2D eigenvalue weighted by atomic mass is 16.3. The minimum absolute atomic E-state index is 0.746. The van der Waals surface area contributed by atoms with E-state index in [1.807, 2.05) is 0 Å². The van der Waals surface area contributed by atoms with Crippen molar-refractivity contribution < 1.29 is 4.42 Å². The molecular formula is C8H7N3O. The lowest BCUT2D eigenvalue weighted by Gasteiger charge is -2.09. The van der Waals surface area contributed by atoms with Crippen molar-refractivity contribution in [2.75, 3.05) is 6.54 Å². The van der Waals surface area contributed by atoms with Crippen LogP contribution in [0, 0.1) is 6.54 Å². The lowest BCUT2D eigenvalue weighted by atomic mass is 10.1. The molecule has 3 rings (SSSR count). The summed E-state index contributed by atoms with van der Waals surface area (Å²) in [4.78, 5) is 7.26. The Bertz CT molecular complexity index is 415. The first kappa shape index (κ1) is 6.25. The molecule has 0 amide bonds. The number of rotatable bonds is 0. The summed E-state index contributed by atoms with van der Waals surface area (Å²) in [5.74, 6) is 0. The number of hydrogen-bond donors (Lipinski definition) is 2. The molecule has 0 aliphatic carbocycles. The summed E-state index contributed by atoms with van der Waals surface area (Å²) < 4.78 is 5.14. The minimum atomic E-state index is 0.746. The van der Waals surface area contributed by atoms with Gasteiger partial charge in [0.1, 0.15) is 5.52 Å². The first-order valence-corrected chi connectivity index (χ1v) is 3.88.